The summed E-state index contributed by atoms with van der Waals surface area (Å²) < 4.78 is 2.79. The molecule has 2 N–H and O–H groups in total. The highest BCUT2D eigenvalue weighted by Gasteiger charge is 2.11. The van der Waals surface area contributed by atoms with Crippen LogP contribution in [0.1, 0.15) is 12.5 Å². The predicted molar refractivity (Wildman–Crippen MR) is 52.1 cm³/mol. The molecule has 0 saturated carbocycles. The minimum absolute atomic E-state index is 0.107. The number of fused-ring (bicyclic) bond motifs is 1. The summed E-state index contributed by atoms with van der Waals surface area (Å²) in [5.74, 6) is 0.350. The number of nitrogens with zero attached hydrogens (tertiary/aromatic N) is 4. The molecule has 2 aromatic heterocycles. The normalized spacial score (nSPS) is 11.0. The standard InChI is InChI=1S/C8H11N5O/c1-3-12-4-10-13-6(8(12)14)5(2)7(9)11-13/h4H,3H2,1-2H3,(H2,9,11). The Morgan fingerprint density at radius 1 is 1.57 bits per heavy atom. The Morgan fingerprint density at radius 3 is 2.93 bits per heavy atom. The highest BCUT2D eigenvalue weighted by molar-refractivity contribution is 5.60. The molecule has 0 saturated heterocycles. The molecule has 0 spiro atoms. The summed E-state index contributed by atoms with van der Waals surface area (Å²) in [6.45, 7) is 4.24. The largest absolute Gasteiger partial charge is 0.382 e. The van der Waals surface area contributed by atoms with E-state index in [1.54, 1.807) is 6.92 Å². The Labute approximate surface area is 80.0 Å². The van der Waals surface area contributed by atoms with E-state index in [1.165, 1.54) is 15.5 Å². The van der Waals surface area contributed by atoms with E-state index in [9.17, 15) is 4.79 Å². The van der Waals surface area contributed by atoms with Gasteiger partial charge in [-0.2, -0.15) is 0 Å². The molecule has 6 heteroatoms. The first-order chi connectivity index (χ1) is 6.65. The number of aromatic nitrogens is 4. The summed E-state index contributed by atoms with van der Waals surface area (Å²) in [5, 5.41) is 7.90. The first-order valence-corrected chi connectivity index (χ1v) is 4.35. The number of nitrogen functional groups attached to an aromatic ring is 1. The molecule has 0 amide bonds. The van der Waals surface area contributed by atoms with Gasteiger partial charge in [-0.25, -0.2) is 0 Å². The molecule has 0 aliphatic carbocycles. The maximum atomic E-state index is 11.8. The van der Waals surface area contributed by atoms with Crippen LogP contribution < -0.4 is 11.3 Å². The van der Waals surface area contributed by atoms with Crippen LogP contribution in [0.3, 0.4) is 0 Å². The van der Waals surface area contributed by atoms with E-state index < -0.39 is 0 Å². The number of aryl methyl sites for hydroxylation is 2. The first kappa shape index (κ1) is 8.74. The van der Waals surface area contributed by atoms with Crippen molar-refractivity contribution in [1.29, 1.82) is 0 Å². The third-order valence-corrected chi connectivity index (χ3v) is 2.25. The maximum Gasteiger partial charge on any atom is 0.279 e. The van der Waals surface area contributed by atoms with Crippen LogP contribution in [0.5, 0.6) is 0 Å². The van der Waals surface area contributed by atoms with Crippen LogP contribution in [0, 0.1) is 6.92 Å². The molecule has 2 aromatic rings. The van der Waals surface area contributed by atoms with Crippen molar-refractivity contribution in [1.82, 2.24) is 19.4 Å². The lowest BCUT2D eigenvalue weighted by Crippen LogP contribution is -2.22. The number of nitrogens with two attached hydrogens (primary N) is 1. The average molecular weight is 193 g/mol. The van der Waals surface area contributed by atoms with E-state index >= 15 is 0 Å². The summed E-state index contributed by atoms with van der Waals surface area (Å²) >= 11 is 0. The quantitative estimate of drug-likeness (QED) is 0.680. The fraction of sp³-hybridized carbons (Fsp3) is 0.375. The van der Waals surface area contributed by atoms with Crippen molar-refractivity contribution < 1.29 is 0 Å². The number of hydrogen-bond donors (Lipinski definition) is 1. The lowest BCUT2D eigenvalue weighted by atomic mass is 10.3. The van der Waals surface area contributed by atoms with Crippen LogP contribution in [0.25, 0.3) is 5.52 Å². The van der Waals surface area contributed by atoms with Gasteiger partial charge in [0.05, 0.1) is 0 Å². The van der Waals surface area contributed by atoms with E-state index in [-0.39, 0.29) is 5.56 Å². The maximum absolute atomic E-state index is 11.8. The van der Waals surface area contributed by atoms with Crippen molar-refractivity contribution in [3.63, 3.8) is 0 Å². The van der Waals surface area contributed by atoms with Crippen LogP contribution in [-0.2, 0) is 6.54 Å². The summed E-state index contributed by atoms with van der Waals surface area (Å²) in [6, 6.07) is 0. The number of hydrogen-bond acceptors (Lipinski definition) is 4. The van der Waals surface area contributed by atoms with E-state index in [4.69, 9.17) is 5.73 Å². The van der Waals surface area contributed by atoms with Gasteiger partial charge in [-0.15, -0.1) is 14.8 Å². The summed E-state index contributed by atoms with van der Waals surface area (Å²) in [4.78, 5) is 11.8. The lowest BCUT2D eigenvalue weighted by molar-refractivity contribution is 0.657. The van der Waals surface area contributed by atoms with Gasteiger partial charge in [0.25, 0.3) is 5.56 Å². The van der Waals surface area contributed by atoms with Gasteiger partial charge in [-0.1, -0.05) is 0 Å². The van der Waals surface area contributed by atoms with Crippen molar-refractivity contribution >= 4 is 11.3 Å². The fourth-order valence-corrected chi connectivity index (χ4v) is 1.35. The summed E-state index contributed by atoms with van der Waals surface area (Å²) in [5.41, 5.74) is 6.62. The molecular weight excluding hydrogens is 182 g/mol. The molecule has 74 valence electrons. The van der Waals surface area contributed by atoms with Gasteiger partial charge in [-0.05, 0) is 13.8 Å². The van der Waals surface area contributed by atoms with Crippen LogP contribution in [0.15, 0.2) is 11.1 Å². The van der Waals surface area contributed by atoms with Gasteiger partial charge in [0.15, 0.2) is 11.3 Å². The van der Waals surface area contributed by atoms with Gasteiger partial charge in [0.2, 0.25) is 0 Å². The molecular formula is C8H11N5O. The zero-order valence-corrected chi connectivity index (χ0v) is 8.06. The second-order valence-electron chi connectivity index (χ2n) is 3.07. The molecule has 2 rings (SSSR count). The van der Waals surface area contributed by atoms with Gasteiger partial charge >= 0.3 is 0 Å². The molecule has 6 nitrogen and oxygen atoms in total. The van der Waals surface area contributed by atoms with Crippen molar-refractivity contribution in [2.75, 3.05) is 5.73 Å². The average Bonchev–Trinajstić information content (AvgIpc) is 2.44. The van der Waals surface area contributed by atoms with Crippen LogP contribution >= 0.6 is 0 Å². The van der Waals surface area contributed by atoms with Crippen molar-refractivity contribution in [2.24, 2.45) is 0 Å². The van der Waals surface area contributed by atoms with Crippen molar-refractivity contribution in [3.05, 3.63) is 22.2 Å². The highest BCUT2D eigenvalue weighted by Crippen LogP contribution is 2.10. The molecule has 0 aromatic carbocycles. The van der Waals surface area contributed by atoms with Crippen LogP contribution in [-0.4, -0.2) is 19.4 Å². The van der Waals surface area contributed by atoms with E-state index in [1.807, 2.05) is 6.92 Å². The molecule has 0 atom stereocenters. The van der Waals surface area contributed by atoms with E-state index in [2.05, 4.69) is 10.2 Å². The van der Waals surface area contributed by atoms with Gasteiger partial charge < -0.3 is 5.73 Å². The SMILES string of the molecule is CCn1cnn2nc(N)c(C)c2c1=O. The zero-order chi connectivity index (χ0) is 10.3. The summed E-state index contributed by atoms with van der Waals surface area (Å²) in [7, 11) is 0. The van der Waals surface area contributed by atoms with Crippen LogP contribution in [0.2, 0.25) is 0 Å². The predicted octanol–water partition coefficient (Wildman–Crippen LogP) is -0.198. The topological polar surface area (TPSA) is 78.2 Å². The Morgan fingerprint density at radius 2 is 2.29 bits per heavy atom. The first-order valence-electron chi connectivity index (χ1n) is 4.35. The molecule has 0 aliphatic heterocycles. The van der Waals surface area contributed by atoms with Crippen molar-refractivity contribution in [3.8, 4) is 0 Å². The number of anilines is 1. The lowest BCUT2D eigenvalue weighted by Gasteiger charge is -1.99. The second kappa shape index (κ2) is 2.83. The Kier molecular flexibility index (Phi) is 1.77. The number of rotatable bonds is 1. The van der Waals surface area contributed by atoms with Crippen molar-refractivity contribution in [2.45, 2.75) is 20.4 Å². The molecule has 14 heavy (non-hydrogen) atoms. The monoisotopic (exact) mass is 193 g/mol. The molecule has 0 bridgehead atoms. The molecule has 0 unspecified atom stereocenters. The Bertz CT molecular complexity index is 538. The summed E-state index contributed by atoms with van der Waals surface area (Å²) in [6.07, 6.45) is 1.46. The van der Waals surface area contributed by atoms with Gasteiger partial charge in [0.1, 0.15) is 6.33 Å². The smallest absolute Gasteiger partial charge is 0.279 e. The van der Waals surface area contributed by atoms with Gasteiger partial charge in [0, 0.05) is 12.1 Å². The molecule has 0 radical (unpaired) electrons. The van der Waals surface area contributed by atoms with Crippen LogP contribution in [0.4, 0.5) is 5.82 Å². The van der Waals surface area contributed by atoms with Gasteiger partial charge in [-0.3, -0.25) is 9.36 Å². The van der Waals surface area contributed by atoms with E-state index in [0.717, 1.165) is 0 Å². The fourth-order valence-electron chi connectivity index (χ4n) is 1.35. The molecule has 0 aliphatic rings. The third kappa shape index (κ3) is 1.00. The minimum atomic E-state index is -0.107. The zero-order valence-electron chi connectivity index (χ0n) is 8.06. The highest BCUT2D eigenvalue weighted by atomic mass is 16.1. The molecule has 2 heterocycles. The minimum Gasteiger partial charge on any atom is -0.382 e. The third-order valence-electron chi connectivity index (χ3n) is 2.25. The Balaban J connectivity index is 2.94. The Hall–Kier alpha value is -1.85. The second-order valence-corrected chi connectivity index (χ2v) is 3.07. The molecule has 0 fully saturated rings. The van der Waals surface area contributed by atoms with E-state index in [0.29, 0.717) is 23.4 Å².